The molecule has 2 aromatic rings. The minimum absolute atomic E-state index is 0.0169. The summed E-state index contributed by atoms with van der Waals surface area (Å²) in [5, 5.41) is 9.01. The van der Waals surface area contributed by atoms with Crippen molar-refractivity contribution in [2.75, 3.05) is 26.9 Å². The van der Waals surface area contributed by atoms with Crippen molar-refractivity contribution in [3.63, 3.8) is 0 Å². The molecule has 0 unspecified atom stereocenters. The number of hydrogen-bond donors (Lipinski definition) is 0. The molecule has 6 nitrogen and oxygen atoms in total. The molecule has 0 spiro atoms. The number of rotatable bonds is 9. The maximum atomic E-state index is 12.6. The van der Waals surface area contributed by atoms with E-state index in [1.807, 2.05) is 36.4 Å². The summed E-state index contributed by atoms with van der Waals surface area (Å²) in [6.45, 7) is 1.52. The monoisotopic (exact) mass is 339 g/mol. The predicted octanol–water partition coefficient (Wildman–Crippen LogP) is 2.66. The van der Waals surface area contributed by atoms with E-state index in [1.165, 1.54) is 11.1 Å². The highest BCUT2D eigenvalue weighted by Crippen LogP contribution is 2.12. The fourth-order valence-electron chi connectivity index (χ4n) is 2.24. The van der Waals surface area contributed by atoms with Crippen LogP contribution in [0.5, 0.6) is 5.88 Å². The van der Waals surface area contributed by atoms with Gasteiger partial charge in [0, 0.05) is 38.9 Å². The van der Waals surface area contributed by atoms with E-state index >= 15 is 0 Å². The minimum atomic E-state index is -0.233. The summed E-state index contributed by atoms with van der Waals surface area (Å²) in [7, 11) is 1.64. The third-order valence-electron chi connectivity index (χ3n) is 3.49. The van der Waals surface area contributed by atoms with Gasteiger partial charge in [0.15, 0.2) is 0 Å². The van der Waals surface area contributed by atoms with Crippen LogP contribution in [0.3, 0.4) is 0 Å². The largest absolute Gasteiger partial charge is 0.478 e. The zero-order chi connectivity index (χ0) is 17.9. The van der Waals surface area contributed by atoms with E-state index in [-0.39, 0.29) is 12.5 Å². The number of benzene rings is 1. The highest BCUT2D eigenvalue weighted by atomic mass is 16.5. The zero-order valence-electron chi connectivity index (χ0n) is 14.2. The van der Waals surface area contributed by atoms with Gasteiger partial charge in [0.05, 0.1) is 18.2 Å². The van der Waals surface area contributed by atoms with Gasteiger partial charge in [-0.1, -0.05) is 30.3 Å². The second-order valence-corrected chi connectivity index (χ2v) is 5.38. The van der Waals surface area contributed by atoms with Gasteiger partial charge in [-0.05, 0) is 11.6 Å². The van der Waals surface area contributed by atoms with Crippen LogP contribution >= 0.6 is 0 Å². The van der Waals surface area contributed by atoms with Crippen LogP contribution < -0.4 is 4.74 Å². The van der Waals surface area contributed by atoms with Crippen molar-refractivity contribution in [1.82, 2.24) is 9.88 Å². The van der Waals surface area contributed by atoms with Gasteiger partial charge >= 0.3 is 0 Å². The summed E-state index contributed by atoms with van der Waals surface area (Å²) in [4.78, 5) is 18.3. The van der Waals surface area contributed by atoms with E-state index in [4.69, 9.17) is 14.7 Å². The molecule has 0 N–H and O–H groups in total. The van der Waals surface area contributed by atoms with Gasteiger partial charge in [-0.3, -0.25) is 4.79 Å². The van der Waals surface area contributed by atoms with Gasteiger partial charge in [0.25, 0.3) is 5.91 Å². The first-order valence-electron chi connectivity index (χ1n) is 8.02. The lowest BCUT2D eigenvalue weighted by atomic mass is 10.2. The Balaban J connectivity index is 1.99. The maximum absolute atomic E-state index is 12.6. The molecule has 0 saturated heterocycles. The molecule has 0 aliphatic heterocycles. The van der Waals surface area contributed by atoms with E-state index in [9.17, 15) is 4.79 Å². The molecule has 1 amide bonds. The zero-order valence-corrected chi connectivity index (χ0v) is 14.2. The first kappa shape index (κ1) is 18.4. The molecule has 0 bridgehead atoms. The van der Waals surface area contributed by atoms with Crippen LogP contribution in [-0.4, -0.2) is 42.7 Å². The van der Waals surface area contributed by atoms with E-state index in [0.29, 0.717) is 31.2 Å². The maximum Gasteiger partial charge on any atom is 0.256 e. The van der Waals surface area contributed by atoms with E-state index < -0.39 is 0 Å². The van der Waals surface area contributed by atoms with Crippen LogP contribution in [0, 0.1) is 11.3 Å². The Bertz CT molecular complexity index is 696. The van der Waals surface area contributed by atoms with Gasteiger partial charge in [0.1, 0.15) is 6.54 Å². The molecule has 130 valence electrons. The molecule has 0 radical (unpaired) electrons. The van der Waals surface area contributed by atoms with Gasteiger partial charge < -0.3 is 14.4 Å². The van der Waals surface area contributed by atoms with Crippen molar-refractivity contribution in [1.29, 1.82) is 5.26 Å². The summed E-state index contributed by atoms with van der Waals surface area (Å²) in [5.74, 6) is 0.228. The second-order valence-electron chi connectivity index (χ2n) is 5.38. The lowest BCUT2D eigenvalue weighted by molar-refractivity contribution is 0.0764. The molecular formula is C19H21N3O3. The third-order valence-corrected chi connectivity index (χ3v) is 3.49. The van der Waals surface area contributed by atoms with Crippen molar-refractivity contribution in [2.24, 2.45) is 0 Å². The Morgan fingerprint density at radius 2 is 2.00 bits per heavy atom. The summed E-state index contributed by atoms with van der Waals surface area (Å²) in [6, 6.07) is 14.9. The van der Waals surface area contributed by atoms with Gasteiger partial charge in [-0.25, -0.2) is 4.98 Å². The summed E-state index contributed by atoms with van der Waals surface area (Å²) >= 11 is 0. The standard InChI is InChI=1S/C19H21N3O3/c1-24-12-5-13-25-18-9-8-17(14-21-18)19(23)22(11-10-20)15-16-6-3-2-4-7-16/h2-4,6-9,14H,5,11-13,15H2,1H3. The Kier molecular flexibility index (Phi) is 7.41. The van der Waals surface area contributed by atoms with Crippen LogP contribution in [0.15, 0.2) is 48.7 Å². The van der Waals surface area contributed by atoms with E-state index in [2.05, 4.69) is 4.98 Å². The van der Waals surface area contributed by atoms with Crippen LogP contribution in [0.25, 0.3) is 0 Å². The molecule has 0 aliphatic rings. The van der Waals surface area contributed by atoms with Crippen molar-refractivity contribution >= 4 is 5.91 Å². The van der Waals surface area contributed by atoms with Gasteiger partial charge in [0.2, 0.25) is 5.88 Å². The van der Waals surface area contributed by atoms with Crippen molar-refractivity contribution < 1.29 is 14.3 Å². The number of hydrogen-bond acceptors (Lipinski definition) is 5. The van der Waals surface area contributed by atoms with Crippen LogP contribution in [-0.2, 0) is 11.3 Å². The van der Waals surface area contributed by atoms with Gasteiger partial charge in [-0.2, -0.15) is 5.26 Å². The van der Waals surface area contributed by atoms with Crippen LogP contribution in [0.1, 0.15) is 22.3 Å². The quantitative estimate of drug-likeness (QED) is 0.518. The molecule has 0 atom stereocenters. The number of nitrogens with zero attached hydrogens (tertiary/aromatic N) is 3. The number of carbonyl (C=O) groups is 1. The lowest BCUT2D eigenvalue weighted by Gasteiger charge is -2.19. The number of amides is 1. The normalized spacial score (nSPS) is 10.1. The van der Waals surface area contributed by atoms with Crippen molar-refractivity contribution in [3.05, 3.63) is 59.8 Å². The topological polar surface area (TPSA) is 75.5 Å². The fourth-order valence-corrected chi connectivity index (χ4v) is 2.24. The first-order valence-corrected chi connectivity index (χ1v) is 8.02. The molecule has 1 aromatic heterocycles. The molecule has 6 heteroatoms. The number of nitriles is 1. The summed E-state index contributed by atoms with van der Waals surface area (Å²) in [5.41, 5.74) is 1.40. The van der Waals surface area contributed by atoms with Gasteiger partial charge in [-0.15, -0.1) is 0 Å². The smallest absolute Gasteiger partial charge is 0.256 e. The molecule has 1 aromatic carbocycles. The van der Waals surface area contributed by atoms with E-state index in [1.54, 1.807) is 19.2 Å². The average molecular weight is 339 g/mol. The lowest BCUT2D eigenvalue weighted by Crippen LogP contribution is -2.31. The molecule has 25 heavy (non-hydrogen) atoms. The molecule has 1 heterocycles. The summed E-state index contributed by atoms with van der Waals surface area (Å²) < 4.78 is 10.4. The Morgan fingerprint density at radius 3 is 2.64 bits per heavy atom. The summed E-state index contributed by atoms with van der Waals surface area (Å²) in [6.07, 6.45) is 2.25. The predicted molar refractivity (Wildman–Crippen MR) is 93.0 cm³/mol. The SMILES string of the molecule is COCCCOc1ccc(C(=O)N(CC#N)Cc2ccccc2)cn1. The molecule has 0 saturated carbocycles. The van der Waals surface area contributed by atoms with Crippen molar-refractivity contribution in [3.8, 4) is 11.9 Å². The minimum Gasteiger partial charge on any atom is -0.478 e. The number of aromatic nitrogens is 1. The Labute approximate surface area is 147 Å². The Morgan fingerprint density at radius 1 is 1.20 bits per heavy atom. The van der Waals surface area contributed by atoms with Crippen LogP contribution in [0.2, 0.25) is 0 Å². The first-order chi connectivity index (χ1) is 12.2. The van der Waals surface area contributed by atoms with Crippen molar-refractivity contribution in [2.45, 2.75) is 13.0 Å². The average Bonchev–Trinajstić information content (AvgIpc) is 2.66. The highest BCUT2D eigenvalue weighted by Gasteiger charge is 2.16. The second kappa shape index (κ2) is 10.1. The highest BCUT2D eigenvalue weighted by molar-refractivity contribution is 5.94. The molecule has 0 fully saturated rings. The number of carbonyl (C=O) groups excluding carboxylic acids is 1. The molecule has 2 rings (SSSR count). The fraction of sp³-hybridized carbons (Fsp3) is 0.316. The molecule has 0 aliphatic carbocycles. The van der Waals surface area contributed by atoms with Crippen LogP contribution in [0.4, 0.5) is 0 Å². The Hall–Kier alpha value is -2.91. The number of methoxy groups -OCH3 is 1. The molecular weight excluding hydrogens is 318 g/mol. The van der Waals surface area contributed by atoms with E-state index in [0.717, 1.165) is 12.0 Å². The number of pyridine rings is 1. The third kappa shape index (κ3) is 5.90. The number of ether oxygens (including phenoxy) is 2.